The maximum atomic E-state index is 12.2. The van der Waals surface area contributed by atoms with E-state index in [9.17, 15) is 4.79 Å². The lowest BCUT2D eigenvalue weighted by molar-refractivity contribution is 0.100. The summed E-state index contributed by atoms with van der Waals surface area (Å²) in [5.41, 5.74) is 13.5. The van der Waals surface area contributed by atoms with Crippen LogP contribution in [0.4, 0.5) is 0 Å². The van der Waals surface area contributed by atoms with Crippen LogP contribution in [0.1, 0.15) is 58.8 Å². The first-order valence-electron chi connectivity index (χ1n) is 10.8. The zero-order valence-corrected chi connectivity index (χ0v) is 18.1. The number of unbranched alkanes of at least 4 members (excludes halogenated alkanes) is 2. The topological polar surface area (TPSA) is 48.0 Å². The van der Waals surface area contributed by atoms with E-state index >= 15 is 0 Å². The third-order valence-electron chi connectivity index (χ3n) is 5.81. The number of benzene rings is 3. The van der Waals surface area contributed by atoms with Crippen molar-refractivity contribution in [2.45, 2.75) is 53.0 Å². The van der Waals surface area contributed by atoms with Crippen LogP contribution >= 0.6 is 0 Å². The first-order chi connectivity index (χ1) is 14.5. The molecule has 0 aliphatic heterocycles. The van der Waals surface area contributed by atoms with Crippen molar-refractivity contribution >= 4 is 27.7 Å². The predicted molar refractivity (Wildman–Crippen MR) is 125 cm³/mol. The van der Waals surface area contributed by atoms with Crippen LogP contribution in [-0.2, 0) is 13.0 Å². The van der Waals surface area contributed by atoms with Crippen molar-refractivity contribution in [2.24, 2.45) is 5.73 Å². The lowest BCUT2D eigenvalue weighted by Crippen LogP contribution is -2.11. The van der Waals surface area contributed by atoms with Gasteiger partial charge in [-0.15, -0.1) is 0 Å². The van der Waals surface area contributed by atoms with Gasteiger partial charge in [0, 0.05) is 22.9 Å². The molecule has 2 N–H and O–H groups in total. The van der Waals surface area contributed by atoms with E-state index in [1.807, 2.05) is 12.1 Å². The summed E-state index contributed by atoms with van der Waals surface area (Å²) in [7, 11) is 0. The van der Waals surface area contributed by atoms with Gasteiger partial charge in [0.05, 0.1) is 11.0 Å². The van der Waals surface area contributed by atoms with E-state index in [1.165, 1.54) is 41.5 Å². The van der Waals surface area contributed by atoms with Gasteiger partial charge in [-0.05, 0) is 62.1 Å². The highest BCUT2D eigenvalue weighted by atomic mass is 16.1. The molecule has 0 bridgehead atoms. The molecule has 3 heteroatoms. The molecule has 4 rings (SSSR count). The first kappa shape index (κ1) is 20.2. The third kappa shape index (κ3) is 3.85. The molecule has 1 amide bonds. The molecular weight excluding hydrogens is 368 g/mol. The van der Waals surface area contributed by atoms with Gasteiger partial charge in [-0.25, -0.2) is 0 Å². The summed E-state index contributed by atoms with van der Waals surface area (Å²) in [6.07, 6.45) is 4.67. The second kappa shape index (κ2) is 8.35. The molecular formula is C27H29N2O. The molecule has 0 unspecified atom stereocenters. The van der Waals surface area contributed by atoms with E-state index in [0.29, 0.717) is 5.56 Å². The van der Waals surface area contributed by atoms with E-state index in [-0.39, 0.29) is 0 Å². The van der Waals surface area contributed by atoms with E-state index in [0.717, 1.165) is 34.8 Å². The Bertz CT molecular complexity index is 1210. The summed E-state index contributed by atoms with van der Waals surface area (Å²) in [5.74, 6) is -0.397. The van der Waals surface area contributed by atoms with Gasteiger partial charge in [0.15, 0.2) is 0 Å². The summed E-state index contributed by atoms with van der Waals surface area (Å²) < 4.78 is 2.31. The summed E-state index contributed by atoms with van der Waals surface area (Å²) in [5, 5.41) is 1.88. The standard InChI is InChI=1S/C27H29N2O/c1-4-5-6-8-20-11-12-22-25(16-20)29(17-21-14-18(2)13-19(3)15-21)24-10-7-9-23(26(22)24)27(28)30/h7,9-11,13-16H,4-6,8,17H2,1-3H3,(H2,28,30). The molecule has 0 spiro atoms. The van der Waals surface area contributed by atoms with Gasteiger partial charge in [-0.2, -0.15) is 0 Å². The average Bonchev–Trinajstić information content (AvgIpc) is 3.00. The first-order valence-corrected chi connectivity index (χ1v) is 10.8. The Balaban J connectivity index is 1.93. The lowest BCUT2D eigenvalue weighted by atomic mass is 10.0. The Morgan fingerprint density at radius 2 is 1.77 bits per heavy atom. The van der Waals surface area contributed by atoms with Gasteiger partial charge in [0.25, 0.3) is 0 Å². The molecule has 0 fully saturated rings. The van der Waals surface area contributed by atoms with Gasteiger partial charge in [0.2, 0.25) is 5.91 Å². The second-order valence-electron chi connectivity index (χ2n) is 8.37. The predicted octanol–water partition coefficient (Wildman–Crippen LogP) is 6.09. The molecule has 0 saturated carbocycles. The highest BCUT2D eigenvalue weighted by Crippen LogP contribution is 2.33. The van der Waals surface area contributed by atoms with Crippen molar-refractivity contribution in [3.8, 4) is 0 Å². The summed E-state index contributed by atoms with van der Waals surface area (Å²) in [6, 6.07) is 20.3. The average molecular weight is 398 g/mol. The Labute approximate surface area is 178 Å². The molecule has 1 aromatic heterocycles. The van der Waals surface area contributed by atoms with Crippen LogP contribution < -0.4 is 5.73 Å². The van der Waals surface area contributed by atoms with Crippen LogP contribution in [0.25, 0.3) is 21.8 Å². The highest BCUT2D eigenvalue weighted by molar-refractivity contribution is 6.17. The number of primary amides is 1. The highest BCUT2D eigenvalue weighted by Gasteiger charge is 2.17. The second-order valence-corrected chi connectivity index (χ2v) is 8.37. The van der Waals surface area contributed by atoms with Gasteiger partial charge in [-0.3, -0.25) is 4.79 Å². The third-order valence-corrected chi connectivity index (χ3v) is 5.81. The van der Waals surface area contributed by atoms with Gasteiger partial charge in [0.1, 0.15) is 0 Å². The minimum atomic E-state index is -0.397. The van der Waals surface area contributed by atoms with Crippen molar-refractivity contribution in [3.05, 3.63) is 82.4 Å². The van der Waals surface area contributed by atoms with Crippen molar-refractivity contribution in [3.63, 3.8) is 0 Å². The Kier molecular flexibility index (Phi) is 5.63. The van der Waals surface area contributed by atoms with E-state index in [4.69, 9.17) is 5.73 Å². The number of carbonyl (C=O) groups is 1. The number of aryl methyl sites for hydroxylation is 3. The van der Waals surface area contributed by atoms with Crippen LogP contribution in [0.3, 0.4) is 0 Å². The molecule has 0 aliphatic carbocycles. The zero-order chi connectivity index (χ0) is 21.3. The quantitative estimate of drug-likeness (QED) is 0.377. The molecule has 0 saturated heterocycles. The van der Waals surface area contributed by atoms with Gasteiger partial charge >= 0.3 is 0 Å². The van der Waals surface area contributed by atoms with E-state index in [2.05, 4.69) is 67.8 Å². The molecule has 0 atom stereocenters. The Hall–Kier alpha value is -3.07. The number of hydrogen-bond donors (Lipinski definition) is 1. The minimum absolute atomic E-state index is 0.397. The molecule has 30 heavy (non-hydrogen) atoms. The molecule has 1 radical (unpaired) electrons. The number of rotatable bonds is 7. The van der Waals surface area contributed by atoms with Crippen LogP contribution in [0.15, 0.2) is 48.5 Å². The van der Waals surface area contributed by atoms with Crippen molar-refractivity contribution in [1.29, 1.82) is 0 Å². The molecule has 4 aromatic rings. The van der Waals surface area contributed by atoms with Crippen molar-refractivity contribution in [2.75, 3.05) is 0 Å². The molecule has 3 nitrogen and oxygen atoms in total. The largest absolute Gasteiger partial charge is 0.366 e. The normalized spacial score (nSPS) is 11.4. The number of nitrogens with zero attached hydrogens (tertiary/aromatic N) is 1. The fourth-order valence-corrected chi connectivity index (χ4v) is 4.54. The number of amides is 1. The fraction of sp³-hybridized carbons (Fsp3) is 0.296. The van der Waals surface area contributed by atoms with Crippen molar-refractivity contribution in [1.82, 2.24) is 4.57 Å². The molecule has 3 aromatic carbocycles. The van der Waals surface area contributed by atoms with E-state index < -0.39 is 5.91 Å². The summed E-state index contributed by atoms with van der Waals surface area (Å²) in [6.45, 7) is 7.24. The van der Waals surface area contributed by atoms with Crippen LogP contribution in [0.5, 0.6) is 0 Å². The van der Waals surface area contributed by atoms with Gasteiger partial charge < -0.3 is 10.3 Å². The number of aromatic nitrogens is 1. The maximum absolute atomic E-state index is 12.2. The smallest absolute Gasteiger partial charge is 0.249 e. The monoisotopic (exact) mass is 397 g/mol. The van der Waals surface area contributed by atoms with Gasteiger partial charge in [-0.1, -0.05) is 61.2 Å². The Morgan fingerprint density at radius 3 is 2.47 bits per heavy atom. The van der Waals surface area contributed by atoms with Crippen LogP contribution in [0.2, 0.25) is 0 Å². The summed E-state index contributed by atoms with van der Waals surface area (Å²) >= 11 is 0. The number of carbonyl (C=O) groups excluding carboxylic acids is 1. The van der Waals surface area contributed by atoms with Crippen LogP contribution in [-0.4, -0.2) is 10.5 Å². The molecule has 153 valence electrons. The number of fused-ring (bicyclic) bond motifs is 3. The number of nitrogens with two attached hydrogens (primary N) is 1. The molecule has 0 aliphatic rings. The summed E-state index contributed by atoms with van der Waals surface area (Å²) in [4.78, 5) is 12.2. The lowest BCUT2D eigenvalue weighted by Gasteiger charge is -2.11. The number of hydrogen-bond acceptors (Lipinski definition) is 1. The van der Waals surface area contributed by atoms with Crippen LogP contribution in [0, 0.1) is 19.9 Å². The van der Waals surface area contributed by atoms with Crippen molar-refractivity contribution < 1.29 is 4.79 Å². The SMILES string of the molecule is CCCCCc1c[c]c2c3c(C(N)=O)cccc3n(Cc3cc(C)cc(C)c3)c2c1. The minimum Gasteiger partial charge on any atom is -0.366 e. The molecule has 1 heterocycles. The fourth-order valence-electron chi connectivity index (χ4n) is 4.54. The maximum Gasteiger partial charge on any atom is 0.249 e. The van der Waals surface area contributed by atoms with E-state index in [1.54, 1.807) is 0 Å². The Morgan fingerprint density at radius 1 is 1.00 bits per heavy atom. The zero-order valence-electron chi connectivity index (χ0n) is 18.1.